The van der Waals surface area contributed by atoms with Gasteiger partial charge in [0, 0.05) is 31.1 Å². The molecule has 1 aliphatic heterocycles. The quantitative estimate of drug-likeness (QED) is 0.251. The average molecular weight is 531 g/mol. The number of aromatic nitrogens is 3. The smallest absolute Gasteiger partial charge is 0.416 e. The van der Waals surface area contributed by atoms with Gasteiger partial charge in [-0.3, -0.25) is 4.79 Å². The first-order valence-corrected chi connectivity index (χ1v) is 13.1. The number of hydrogen-bond acceptors (Lipinski definition) is 4. The fourth-order valence-corrected chi connectivity index (χ4v) is 5.59. The Kier molecular flexibility index (Phi) is 5.50. The lowest BCUT2D eigenvalue weighted by atomic mass is 10.0. The molecule has 39 heavy (non-hydrogen) atoms. The van der Waals surface area contributed by atoms with Crippen LogP contribution in [0.25, 0.3) is 44.6 Å². The van der Waals surface area contributed by atoms with Crippen LogP contribution in [0.5, 0.6) is 0 Å². The summed E-state index contributed by atoms with van der Waals surface area (Å²) in [7, 11) is 0. The van der Waals surface area contributed by atoms with E-state index in [1.54, 1.807) is 0 Å². The van der Waals surface area contributed by atoms with Gasteiger partial charge in [-0.25, -0.2) is 9.97 Å². The zero-order valence-electron chi connectivity index (χ0n) is 21.0. The van der Waals surface area contributed by atoms with Gasteiger partial charge in [-0.05, 0) is 66.6 Å². The number of halogens is 3. The molecule has 5 aromatic rings. The van der Waals surface area contributed by atoms with E-state index < -0.39 is 11.7 Å². The molecular weight excluding hydrogens is 505 g/mol. The van der Waals surface area contributed by atoms with Crippen molar-refractivity contribution in [1.29, 1.82) is 0 Å². The molecule has 2 aromatic heterocycles. The molecule has 0 radical (unpaired) electrons. The van der Waals surface area contributed by atoms with Crippen LogP contribution < -0.4 is 0 Å². The largest absolute Gasteiger partial charge is 0.443 e. The Labute approximate surface area is 222 Å². The molecule has 1 saturated heterocycles. The van der Waals surface area contributed by atoms with Gasteiger partial charge in [-0.1, -0.05) is 30.3 Å². The number of benzene rings is 3. The fourth-order valence-electron chi connectivity index (χ4n) is 5.59. The van der Waals surface area contributed by atoms with E-state index in [1.807, 2.05) is 51.9 Å². The maximum Gasteiger partial charge on any atom is 0.416 e. The highest BCUT2D eigenvalue weighted by molar-refractivity contribution is 5.84. The van der Waals surface area contributed by atoms with E-state index in [1.165, 1.54) is 12.5 Å². The van der Waals surface area contributed by atoms with Crippen molar-refractivity contribution in [1.82, 2.24) is 19.4 Å². The Morgan fingerprint density at radius 3 is 2.46 bits per heavy atom. The summed E-state index contributed by atoms with van der Waals surface area (Å²) < 4.78 is 47.8. The summed E-state index contributed by atoms with van der Waals surface area (Å²) in [5.74, 6) is 1.24. The second kappa shape index (κ2) is 8.97. The highest BCUT2D eigenvalue weighted by atomic mass is 19.4. The summed E-state index contributed by atoms with van der Waals surface area (Å²) in [5, 5.41) is 0. The van der Waals surface area contributed by atoms with Gasteiger partial charge in [0.1, 0.15) is 11.3 Å². The van der Waals surface area contributed by atoms with Crippen molar-refractivity contribution in [2.24, 2.45) is 11.8 Å². The van der Waals surface area contributed by atoms with Crippen molar-refractivity contribution < 1.29 is 22.4 Å². The Bertz CT molecular complexity index is 1700. The predicted octanol–water partition coefficient (Wildman–Crippen LogP) is 6.79. The number of amides is 1. The first-order valence-electron chi connectivity index (χ1n) is 13.1. The number of carbonyl (C=O) groups excluding carboxylic acids is 1. The number of likely N-dealkylation sites (tertiary alicyclic amines) is 1. The number of imidazole rings is 1. The lowest BCUT2D eigenvalue weighted by molar-refractivity contribution is -0.137. The first kappa shape index (κ1) is 23.9. The third-order valence-corrected chi connectivity index (χ3v) is 7.85. The van der Waals surface area contributed by atoms with E-state index in [2.05, 4.69) is 9.97 Å². The maximum absolute atomic E-state index is 13.5. The van der Waals surface area contributed by atoms with E-state index >= 15 is 0 Å². The molecule has 3 aromatic carbocycles. The molecule has 1 amide bonds. The van der Waals surface area contributed by atoms with Crippen LogP contribution in [0, 0.1) is 11.8 Å². The lowest BCUT2D eigenvalue weighted by Crippen LogP contribution is -2.30. The number of hydrogen-bond donors (Lipinski definition) is 0. The van der Waals surface area contributed by atoms with Crippen molar-refractivity contribution >= 4 is 28.0 Å². The van der Waals surface area contributed by atoms with Crippen LogP contribution in [-0.2, 0) is 17.5 Å². The Morgan fingerprint density at radius 2 is 1.69 bits per heavy atom. The van der Waals surface area contributed by atoms with Crippen molar-refractivity contribution in [2.75, 3.05) is 13.1 Å². The predicted molar refractivity (Wildman–Crippen MR) is 141 cm³/mol. The van der Waals surface area contributed by atoms with Gasteiger partial charge in [0.25, 0.3) is 0 Å². The van der Waals surface area contributed by atoms with Gasteiger partial charge < -0.3 is 13.9 Å². The number of carbonyl (C=O) groups is 1. The highest BCUT2D eigenvalue weighted by Crippen LogP contribution is 2.36. The van der Waals surface area contributed by atoms with Gasteiger partial charge in [-0.2, -0.15) is 13.2 Å². The summed E-state index contributed by atoms with van der Waals surface area (Å²) in [6, 6.07) is 17.4. The Morgan fingerprint density at radius 1 is 0.923 bits per heavy atom. The third kappa shape index (κ3) is 4.45. The van der Waals surface area contributed by atoms with Gasteiger partial charge >= 0.3 is 6.18 Å². The molecule has 0 N–H and O–H groups in total. The summed E-state index contributed by atoms with van der Waals surface area (Å²) >= 11 is 0. The monoisotopic (exact) mass is 530 g/mol. The lowest BCUT2D eigenvalue weighted by Gasteiger charge is -2.18. The van der Waals surface area contributed by atoms with E-state index in [4.69, 9.17) is 4.42 Å². The second-order valence-electron chi connectivity index (χ2n) is 10.6. The molecular formula is C30H25F3N4O2. The van der Waals surface area contributed by atoms with Crippen molar-refractivity contribution in [3.8, 4) is 22.5 Å². The molecule has 2 fully saturated rings. The Balaban J connectivity index is 1.24. The molecule has 9 heteroatoms. The van der Waals surface area contributed by atoms with Gasteiger partial charge in [0.05, 0.1) is 16.6 Å². The maximum atomic E-state index is 13.5. The van der Waals surface area contributed by atoms with Crippen LogP contribution in [0.15, 0.2) is 71.5 Å². The molecule has 1 saturated carbocycles. The molecule has 0 unspecified atom stereocenters. The molecule has 1 aliphatic carbocycles. The molecule has 1 atom stereocenters. The minimum Gasteiger partial charge on any atom is -0.443 e. The molecule has 0 bridgehead atoms. The minimum absolute atomic E-state index is 0.178. The van der Waals surface area contributed by atoms with E-state index in [0.717, 1.165) is 60.1 Å². The zero-order valence-corrected chi connectivity index (χ0v) is 21.0. The van der Waals surface area contributed by atoms with Crippen LogP contribution in [0.4, 0.5) is 13.2 Å². The number of fused-ring (bicyclic) bond motifs is 2. The van der Waals surface area contributed by atoms with Crippen molar-refractivity contribution in [3.63, 3.8) is 0 Å². The number of rotatable bonds is 5. The van der Waals surface area contributed by atoms with Crippen LogP contribution >= 0.6 is 0 Å². The Hall–Kier alpha value is -4.14. The van der Waals surface area contributed by atoms with E-state index in [0.29, 0.717) is 35.5 Å². The van der Waals surface area contributed by atoms with Gasteiger partial charge in [0.2, 0.25) is 5.91 Å². The van der Waals surface area contributed by atoms with E-state index in [-0.39, 0.29) is 17.7 Å². The SMILES string of the molecule is O=C(C1CC1)N1CC[C@H](Cn2c(-c3ccc(-c4ccc5ncoc5c4)cc3)nc3cc(C(F)(F)F)ccc32)C1. The topological polar surface area (TPSA) is 64.2 Å². The normalized spacial score (nSPS) is 17.9. The third-order valence-electron chi connectivity index (χ3n) is 7.85. The minimum atomic E-state index is -4.44. The second-order valence-corrected chi connectivity index (χ2v) is 10.6. The number of alkyl halides is 3. The molecule has 3 heterocycles. The number of nitrogens with zero attached hydrogens (tertiary/aromatic N) is 4. The van der Waals surface area contributed by atoms with Crippen LogP contribution in [0.2, 0.25) is 0 Å². The van der Waals surface area contributed by atoms with Crippen molar-refractivity contribution in [2.45, 2.75) is 32.0 Å². The summed E-state index contributed by atoms with van der Waals surface area (Å²) in [5.41, 5.74) is 4.49. The standard InChI is InChI=1S/C30H25F3N4O2/c31-30(32,33)23-8-10-26-25(14-23)35-28(37(26)16-18-11-12-36(15-18)29(38)21-5-6-21)20-3-1-19(2-4-20)22-7-9-24-27(13-22)39-17-34-24/h1-4,7-10,13-14,17-18,21H,5-6,11-12,15-16H2/t18-/m0/s1. The first-order chi connectivity index (χ1) is 18.8. The molecule has 198 valence electrons. The van der Waals surface area contributed by atoms with Crippen LogP contribution in [0.1, 0.15) is 24.8 Å². The average Bonchev–Trinajstić information content (AvgIpc) is 3.33. The van der Waals surface area contributed by atoms with Gasteiger partial charge in [0.15, 0.2) is 12.0 Å². The highest BCUT2D eigenvalue weighted by Gasteiger charge is 2.37. The molecule has 2 aliphatic rings. The molecule has 6 nitrogen and oxygen atoms in total. The summed E-state index contributed by atoms with van der Waals surface area (Å²) in [4.78, 5) is 23.4. The van der Waals surface area contributed by atoms with Crippen LogP contribution in [0.3, 0.4) is 0 Å². The molecule has 0 spiro atoms. The van der Waals surface area contributed by atoms with E-state index in [9.17, 15) is 18.0 Å². The molecule has 7 rings (SSSR count). The van der Waals surface area contributed by atoms with Crippen LogP contribution in [-0.4, -0.2) is 38.4 Å². The fraction of sp³-hybridized carbons (Fsp3) is 0.300. The summed E-state index contributed by atoms with van der Waals surface area (Å²) in [6.07, 6.45) is -0.224. The summed E-state index contributed by atoms with van der Waals surface area (Å²) in [6.45, 7) is 1.97. The number of oxazole rings is 1. The van der Waals surface area contributed by atoms with Crippen molar-refractivity contribution in [3.05, 3.63) is 72.6 Å². The van der Waals surface area contributed by atoms with Gasteiger partial charge in [-0.15, -0.1) is 0 Å². The zero-order chi connectivity index (χ0) is 26.7.